The summed E-state index contributed by atoms with van der Waals surface area (Å²) in [5, 5.41) is 13.1. The zero-order chi connectivity index (χ0) is 36.0. The van der Waals surface area contributed by atoms with Gasteiger partial charge in [-0.15, -0.1) is 11.3 Å². The van der Waals surface area contributed by atoms with Gasteiger partial charge in [-0.25, -0.2) is 9.98 Å². The van der Waals surface area contributed by atoms with Crippen molar-refractivity contribution >= 4 is 97.7 Å². The molecule has 55 heavy (non-hydrogen) atoms. The summed E-state index contributed by atoms with van der Waals surface area (Å²) in [7, 11) is 0. The SMILES string of the molecule is c1ccc(C2=NC(c3cc(-n4c5ccccc5c5cc6ccccc6cc54)c4oc5ccccc5c4c3)=NC(c3ccc4sc5ccccc5c4c3)N2)cc1. The summed E-state index contributed by atoms with van der Waals surface area (Å²) in [6.07, 6.45) is -0.356. The molecule has 0 spiro atoms. The van der Waals surface area contributed by atoms with Crippen LogP contribution in [0.4, 0.5) is 0 Å². The summed E-state index contributed by atoms with van der Waals surface area (Å²) >= 11 is 1.83. The highest BCUT2D eigenvalue weighted by Gasteiger charge is 2.25. The van der Waals surface area contributed by atoms with Crippen LogP contribution in [0.15, 0.2) is 184 Å². The lowest BCUT2D eigenvalue weighted by Crippen LogP contribution is -2.33. The number of furan rings is 1. The minimum absolute atomic E-state index is 0.356. The van der Waals surface area contributed by atoms with Gasteiger partial charge in [-0.1, -0.05) is 115 Å². The van der Waals surface area contributed by atoms with Crippen LogP contribution in [-0.4, -0.2) is 16.2 Å². The largest absolute Gasteiger partial charge is 0.454 e. The van der Waals surface area contributed by atoms with Crippen molar-refractivity contribution in [2.24, 2.45) is 9.98 Å². The fourth-order valence-corrected chi connectivity index (χ4v) is 9.51. The van der Waals surface area contributed by atoms with Gasteiger partial charge >= 0.3 is 0 Å². The third-order valence-electron chi connectivity index (χ3n) is 11.0. The summed E-state index contributed by atoms with van der Waals surface area (Å²) in [5.41, 5.74) is 7.86. The molecule has 0 aliphatic carbocycles. The summed E-state index contributed by atoms with van der Waals surface area (Å²) in [5.74, 6) is 1.45. The van der Waals surface area contributed by atoms with Crippen LogP contribution in [0.1, 0.15) is 22.9 Å². The molecule has 3 aromatic heterocycles. The van der Waals surface area contributed by atoms with Gasteiger partial charge in [-0.3, -0.25) is 0 Å². The molecular formula is C49H30N4OS. The van der Waals surface area contributed by atoms with Crippen molar-refractivity contribution in [2.45, 2.75) is 6.17 Å². The molecule has 0 amide bonds. The zero-order valence-corrected chi connectivity index (χ0v) is 30.2. The van der Waals surface area contributed by atoms with E-state index in [1.54, 1.807) is 0 Å². The number of thiophene rings is 1. The topological polar surface area (TPSA) is 54.8 Å². The van der Waals surface area contributed by atoms with E-state index in [1.165, 1.54) is 41.7 Å². The number of fused-ring (bicyclic) bond motifs is 10. The number of para-hydroxylation sites is 2. The molecule has 4 heterocycles. The maximum absolute atomic E-state index is 6.78. The first-order valence-electron chi connectivity index (χ1n) is 18.5. The van der Waals surface area contributed by atoms with E-state index >= 15 is 0 Å². The predicted octanol–water partition coefficient (Wildman–Crippen LogP) is 12.7. The van der Waals surface area contributed by atoms with Gasteiger partial charge in [-0.2, -0.15) is 0 Å². The molecule has 12 rings (SSSR count). The Morgan fingerprint density at radius 1 is 0.527 bits per heavy atom. The van der Waals surface area contributed by atoms with Gasteiger partial charge in [0.15, 0.2) is 11.4 Å². The Balaban J connectivity index is 1.13. The quantitative estimate of drug-likeness (QED) is 0.197. The van der Waals surface area contributed by atoms with Gasteiger partial charge in [0.1, 0.15) is 17.6 Å². The van der Waals surface area contributed by atoms with Gasteiger partial charge in [-0.05, 0) is 70.9 Å². The average Bonchev–Trinajstić information content (AvgIpc) is 3.92. The monoisotopic (exact) mass is 722 g/mol. The fourth-order valence-electron chi connectivity index (χ4n) is 8.42. The van der Waals surface area contributed by atoms with E-state index in [0.29, 0.717) is 5.84 Å². The Labute approximate surface area is 319 Å². The number of nitrogens with zero attached hydrogens (tertiary/aromatic N) is 3. The van der Waals surface area contributed by atoms with Crippen molar-refractivity contribution in [1.29, 1.82) is 0 Å². The molecule has 1 N–H and O–H groups in total. The Kier molecular flexibility index (Phi) is 6.50. The second-order valence-corrected chi connectivity index (χ2v) is 15.3. The van der Waals surface area contributed by atoms with E-state index in [9.17, 15) is 0 Å². The number of hydrogen-bond donors (Lipinski definition) is 1. The first-order valence-corrected chi connectivity index (χ1v) is 19.3. The molecule has 258 valence electrons. The number of hydrogen-bond acceptors (Lipinski definition) is 5. The Morgan fingerprint density at radius 2 is 1.25 bits per heavy atom. The maximum Gasteiger partial charge on any atom is 0.159 e. The van der Waals surface area contributed by atoms with Crippen molar-refractivity contribution in [1.82, 2.24) is 9.88 Å². The minimum Gasteiger partial charge on any atom is -0.454 e. The molecule has 1 unspecified atom stereocenters. The lowest BCUT2D eigenvalue weighted by molar-refractivity contribution is 0.666. The number of aliphatic imine (C=N–C) groups is 2. The average molecular weight is 723 g/mol. The van der Waals surface area contributed by atoms with Crippen LogP contribution in [0.2, 0.25) is 0 Å². The Morgan fingerprint density at radius 3 is 2.15 bits per heavy atom. The molecule has 1 aliphatic heterocycles. The van der Waals surface area contributed by atoms with Crippen molar-refractivity contribution < 1.29 is 4.42 Å². The van der Waals surface area contributed by atoms with Crippen LogP contribution in [-0.2, 0) is 0 Å². The molecule has 0 saturated heterocycles. The molecule has 5 nitrogen and oxygen atoms in total. The smallest absolute Gasteiger partial charge is 0.159 e. The zero-order valence-electron chi connectivity index (χ0n) is 29.4. The van der Waals surface area contributed by atoms with Crippen LogP contribution in [0.5, 0.6) is 0 Å². The van der Waals surface area contributed by atoms with E-state index in [0.717, 1.165) is 61.2 Å². The van der Waals surface area contributed by atoms with Crippen molar-refractivity contribution in [3.63, 3.8) is 0 Å². The lowest BCUT2D eigenvalue weighted by atomic mass is 10.0. The van der Waals surface area contributed by atoms with Gasteiger partial charge in [0, 0.05) is 52.8 Å². The second-order valence-electron chi connectivity index (χ2n) is 14.2. The molecule has 8 aromatic carbocycles. The summed E-state index contributed by atoms with van der Waals surface area (Å²) < 4.78 is 11.7. The number of nitrogens with one attached hydrogen (secondary N) is 1. The number of amidine groups is 2. The van der Waals surface area contributed by atoms with Gasteiger partial charge in [0.05, 0.1) is 16.7 Å². The highest BCUT2D eigenvalue weighted by Crippen LogP contribution is 2.41. The Hall–Kier alpha value is -7.02. The standard InChI is InChI=1S/C49H30N4OS/c1-2-12-29(13-3-1)47-50-48(32-22-23-45-38(25-32)36-18-8-11-21-44(36)55-45)52-49(51-47)33-26-39-35-17-7-10-20-43(35)54-46(39)42(28-33)53-40-19-9-6-16-34(40)37-24-30-14-4-5-15-31(30)27-41(37)53/h1-28,48H,(H,50,51,52). The summed E-state index contributed by atoms with van der Waals surface area (Å²) in [6, 6.07) is 60.3. The van der Waals surface area contributed by atoms with Crippen molar-refractivity contribution in [3.8, 4) is 5.69 Å². The van der Waals surface area contributed by atoms with Gasteiger partial charge < -0.3 is 14.3 Å². The van der Waals surface area contributed by atoms with Crippen LogP contribution in [0, 0.1) is 0 Å². The third-order valence-corrected chi connectivity index (χ3v) is 12.2. The van der Waals surface area contributed by atoms with Crippen LogP contribution in [0.3, 0.4) is 0 Å². The lowest BCUT2D eigenvalue weighted by Gasteiger charge is -2.24. The predicted molar refractivity (Wildman–Crippen MR) is 230 cm³/mol. The van der Waals surface area contributed by atoms with E-state index < -0.39 is 0 Å². The molecular weight excluding hydrogens is 693 g/mol. The molecule has 0 saturated carbocycles. The van der Waals surface area contributed by atoms with Gasteiger partial charge in [0.2, 0.25) is 0 Å². The minimum atomic E-state index is -0.356. The first-order chi connectivity index (χ1) is 27.2. The first kappa shape index (κ1) is 30.4. The van der Waals surface area contributed by atoms with E-state index in [-0.39, 0.29) is 6.17 Å². The number of aromatic nitrogens is 1. The van der Waals surface area contributed by atoms with E-state index in [4.69, 9.17) is 14.4 Å². The number of benzene rings is 8. The normalized spacial score (nSPS) is 14.7. The summed E-state index contributed by atoms with van der Waals surface area (Å²) in [6.45, 7) is 0. The molecule has 0 bridgehead atoms. The van der Waals surface area contributed by atoms with Crippen LogP contribution in [0.25, 0.3) is 80.4 Å². The highest BCUT2D eigenvalue weighted by atomic mass is 32.1. The maximum atomic E-state index is 6.78. The van der Waals surface area contributed by atoms with E-state index in [1.807, 2.05) is 29.5 Å². The molecule has 1 aliphatic rings. The highest BCUT2D eigenvalue weighted by molar-refractivity contribution is 7.25. The van der Waals surface area contributed by atoms with E-state index in [2.05, 4.69) is 162 Å². The summed E-state index contributed by atoms with van der Waals surface area (Å²) in [4.78, 5) is 10.7. The van der Waals surface area contributed by atoms with Gasteiger partial charge in [0.25, 0.3) is 0 Å². The van der Waals surface area contributed by atoms with Crippen molar-refractivity contribution in [2.75, 3.05) is 0 Å². The molecule has 1 atom stereocenters. The fraction of sp³-hybridized carbons (Fsp3) is 0.0204. The third kappa shape index (κ3) is 4.72. The molecule has 6 heteroatoms. The van der Waals surface area contributed by atoms with Crippen LogP contribution >= 0.6 is 11.3 Å². The van der Waals surface area contributed by atoms with Crippen molar-refractivity contribution in [3.05, 3.63) is 187 Å². The molecule has 11 aromatic rings. The molecule has 0 fully saturated rings. The van der Waals surface area contributed by atoms with Crippen LogP contribution < -0.4 is 5.32 Å². The molecule has 0 radical (unpaired) electrons. The second kappa shape index (κ2) is 11.7. The number of rotatable bonds is 4. The Bertz CT molecular complexity index is 3420.